The highest BCUT2D eigenvalue weighted by molar-refractivity contribution is 5.95. The summed E-state index contributed by atoms with van der Waals surface area (Å²) in [6, 6.07) is 10.6. The molecule has 1 amide bonds. The van der Waals surface area contributed by atoms with Crippen LogP contribution in [-0.2, 0) is 6.61 Å². The molecule has 4 nitrogen and oxygen atoms in total. The molecular formula is C23H27FN2O2. The number of anilines is 1. The molecule has 1 unspecified atom stereocenters. The molecule has 0 radical (unpaired) electrons. The van der Waals surface area contributed by atoms with Gasteiger partial charge in [0.25, 0.3) is 5.91 Å². The van der Waals surface area contributed by atoms with Gasteiger partial charge in [-0.25, -0.2) is 4.39 Å². The Kier molecular flexibility index (Phi) is 5.36. The van der Waals surface area contributed by atoms with Crippen LogP contribution in [0, 0.1) is 18.7 Å². The Balaban J connectivity index is 1.59. The minimum atomic E-state index is -0.226. The highest BCUT2D eigenvalue weighted by Crippen LogP contribution is 2.41. The van der Waals surface area contributed by atoms with Crippen molar-refractivity contribution in [3.05, 3.63) is 64.5 Å². The number of hydrogen-bond acceptors (Lipinski definition) is 3. The Hall–Kier alpha value is -2.40. The number of carbonyl (C=O) groups excluding carboxylic acids is 1. The van der Waals surface area contributed by atoms with Crippen molar-refractivity contribution in [3.63, 3.8) is 0 Å². The largest absolute Gasteiger partial charge is 0.392 e. The number of amides is 1. The molecule has 1 saturated heterocycles. The molecular weight excluding hydrogens is 355 g/mol. The molecule has 0 spiro atoms. The summed E-state index contributed by atoms with van der Waals surface area (Å²) in [4.78, 5) is 15.3. The maximum Gasteiger partial charge on any atom is 0.251 e. The van der Waals surface area contributed by atoms with E-state index in [4.69, 9.17) is 0 Å². The van der Waals surface area contributed by atoms with Crippen LogP contribution in [0.4, 0.5) is 10.1 Å². The fourth-order valence-corrected chi connectivity index (χ4v) is 4.04. The third-order valence-corrected chi connectivity index (χ3v) is 5.81. The van der Waals surface area contributed by atoms with E-state index >= 15 is 0 Å². The number of halogens is 1. The molecule has 0 aromatic heterocycles. The van der Waals surface area contributed by atoms with Crippen molar-refractivity contribution < 1.29 is 14.3 Å². The van der Waals surface area contributed by atoms with Gasteiger partial charge in [0.2, 0.25) is 0 Å². The Bertz CT molecular complexity index is 873. The first-order valence-corrected chi connectivity index (χ1v) is 10.1. The quantitative estimate of drug-likeness (QED) is 0.791. The second-order valence-electron chi connectivity index (χ2n) is 8.04. The van der Waals surface area contributed by atoms with Crippen molar-refractivity contribution in [1.29, 1.82) is 0 Å². The van der Waals surface area contributed by atoms with Crippen molar-refractivity contribution in [1.82, 2.24) is 5.32 Å². The number of aliphatic hydroxyl groups is 1. The molecule has 28 heavy (non-hydrogen) atoms. The van der Waals surface area contributed by atoms with E-state index in [9.17, 15) is 14.3 Å². The second-order valence-corrected chi connectivity index (χ2v) is 8.04. The van der Waals surface area contributed by atoms with Crippen LogP contribution in [0.25, 0.3) is 0 Å². The zero-order chi connectivity index (χ0) is 19.7. The van der Waals surface area contributed by atoms with Crippen molar-refractivity contribution >= 4 is 11.6 Å². The van der Waals surface area contributed by atoms with Crippen LogP contribution in [0.3, 0.4) is 0 Å². The first kappa shape index (κ1) is 18.9. The maximum absolute atomic E-state index is 13.7. The molecule has 5 heteroatoms. The van der Waals surface area contributed by atoms with Gasteiger partial charge in [-0.3, -0.25) is 4.79 Å². The molecule has 4 rings (SSSR count). The van der Waals surface area contributed by atoms with Crippen molar-refractivity contribution in [3.8, 4) is 0 Å². The lowest BCUT2D eigenvalue weighted by molar-refractivity contribution is 0.0931. The van der Waals surface area contributed by atoms with Gasteiger partial charge >= 0.3 is 0 Å². The highest BCUT2D eigenvalue weighted by Gasteiger charge is 2.34. The van der Waals surface area contributed by atoms with E-state index < -0.39 is 0 Å². The first-order valence-electron chi connectivity index (χ1n) is 10.1. The summed E-state index contributed by atoms with van der Waals surface area (Å²) in [5, 5.41) is 12.8. The highest BCUT2D eigenvalue weighted by atomic mass is 19.1. The van der Waals surface area contributed by atoms with Gasteiger partial charge in [0, 0.05) is 24.3 Å². The van der Waals surface area contributed by atoms with Gasteiger partial charge in [-0.1, -0.05) is 12.1 Å². The van der Waals surface area contributed by atoms with Crippen LogP contribution >= 0.6 is 0 Å². The minimum Gasteiger partial charge on any atom is -0.392 e. The van der Waals surface area contributed by atoms with E-state index in [1.54, 1.807) is 19.1 Å². The van der Waals surface area contributed by atoms with Crippen LogP contribution < -0.4 is 10.2 Å². The molecule has 1 saturated carbocycles. The van der Waals surface area contributed by atoms with Gasteiger partial charge in [-0.2, -0.15) is 0 Å². The number of nitrogens with one attached hydrogen (secondary N) is 1. The van der Waals surface area contributed by atoms with E-state index in [0.29, 0.717) is 17.0 Å². The number of hydrogen-bond donors (Lipinski definition) is 2. The first-order chi connectivity index (χ1) is 13.5. The van der Waals surface area contributed by atoms with Crippen molar-refractivity contribution in [2.75, 3.05) is 18.0 Å². The molecule has 2 aromatic rings. The summed E-state index contributed by atoms with van der Waals surface area (Å²) in [5.41, 5.74) is 3.85. The van der Waals surface area contributed by atoms with Gasteiger partial charge in [-0.05, 0) is 79.5 Å². The smallest absolute Gasteiger partial charge is 0.251 e. The third-order valence-electron chi connectivity index (χ3n) is 5.81. The van der Waals surface area contributed by atoms with Crippen LogP contribution in [0.5, 0.6) is 0 Å². The summed E-state index contributed by atoms with van der Waals surface area (Å²) < 4.78 is 13.7. The SMILES string of the molecule is Cc1cc(C(NC(=O)c2cc(CO)cc(N3CCCC3)c2)C2CC2)ccc1F. The van der Waals surface area contributed by atoms with Crippen molar-refractivity contribution in [2.45, 2.75) is 45.3 Å². The number of aliphatic hydroxyl groups excluding tert-OH is 1. The van der Waals surface area contributed by atoms with E-state index in [-0.39, 0.29) is 24.4 Å². The number of benzene rings is 2. The summed E-state index contributed by atoms with van der Waals surface area (Å²) in [6.45, 7) is 3.62. The summed E-state index contributed by atoms with van der Waals surface area (Å²) in [6.07, 6.45) is 4.44. The zero-order valence-electron chi connectivity index (χ0n) is 16.2. The average Bonchev–Trinajstić information content (AvgIpc) is 3.40. The molecule has 2 aliphatic rings. The fraction of sp³-hybridized carbons (Fsp3) is 0.435. The van der Waals surface area contributed by atoms with Crippen LogP contribution in [-0.4, -0.2) is 24.1 Å². The predicted octanol–water partition coefficient (Wildman–Crippen LogP) is 4.11. The number of aryl methyl sites for hydroxylation is 1. The Morgan fingerprint density at radius 3 is 2.61 bits per heavy atom. The molecule has 1 atom stereocenters. The molecule has 1 aliphatic heterocycles. The molecule has 2 aromatic carbocycles. The van der Waals surface area contributed by atoms with E-state index in [0.717, 1.165) is 55.6 Å². The minimum absolute atomic E-state index is 0.0921. The number of carbonyl (C=O) groups is 1. The summed E-state index contributed by atoms with van der Waals surface area (Å²) >= 11 is 0. The van der Waals surface area contributed by atoms with Gasteiger partial charge < -0.3 is 15.3 Å². The fourth-order valence-electron chi connectivity index (χ4n) is 4.04. The van der Waals surface area contributed by atoms with Gasteiger partial charge in [-0.15, -0.1) is 0 Å². The molecule has 2 fully saturated rings. The van der Waals surface area contributed by atoms with E-state index in [2.05, 4.69) is 10.2 Å². The Morgan fingerprint density at radius 2 is 1.96 bits per heavy atom. The maximum atomic E-state index is 13.7. The second kappa shape index (κ2) is 7.92. The van der Waals surface area contributed by atoms with Crippen LogP contribution in [0.15, 0.2) is 36.4 Å². The third kappa shape index (κ3) is 4.04. The lowest BCUT2D eigenvalue weighted by Crippen LogP contribution is -2.30. The normalized spacial score (nSPS) is 17.6. The topological polar surface area (TPSA) is 52.6 Å². The van der Waals surface area contributed by atoms with E-state index in [1.807, 2.05) is 18.2 Å². The van der Waals surface area contributed by atoms with Crippen molar-refractivity contribution in [2.24, 2.45) is 5.92 Å². The molecule has 148 valence electrons. The van der Waals surface area contributed by atoms with Gasteiger partial charge in [0.05, 0.1) is 12.6 Å². The zero-order valence-corrected chi connectivity index (χ0v) is 16.2. The van der Waals surface area contributed by atoms with Gasteiger partial charge in [0.1, 0.15) is 5.82 Å². The standard InChI is InChI=1S/C23H27FN2O2/c1-15-10-18(6-7-21(15)24)22(17-4-5-17)25-23(28)19-11-16(14-27)12-20(13-19)26-8-2-3-9-26/h6-7,10-13,17,22,27H,2-5,8-9,14H2,1H3,(H,25,28). The van der Waals surface area contributed by atoms with E-state index in [1.165, 1.54) is 6.07 Å². The monoisotopic (exact) mass is 382 g/mol. The van der Waals surface area contributed by atoms with Crippen LogP contribution in [0.2, 0.25) is 0 Å². The van der Waals surface area contributed by atoms with Gasteiger partial charge in [0.15, 0.2) is 0 Å². The number of nitrogens with zero attached hydrogens (tertiary/aromatic N) is 1. The molecule has 2 N–H and O–H groups in total. The molecule has 1 aliphatic carbocycles. The average molecular weight is 382 g/mol. The summed E-state index contributed by atoms with van der Waals surface area (Å²) in [5.74, 6) is 0.0260. The Labute approximate surface area is 165 Å². The Morgan fingerprint density at radius 1 is 1.21 bits per heavy atom. The van der Waals surface area contributed by atoms with Crippen LogP contribution in [0.1, 0.15) is 58.8 Å². The molecule has 1 heterocycles. The molecule has 0 bridgehead atoms. The lowest BCUT2D eigenvalue weighted by atomic mass is 9.99. The lowest BCUT2D eigenvalue weighted by Gasteiger charge is -2.22. The predicted molar refractivity (Wildman–Crippen MR) is 108 cm³/mol. The number of rotatable bonds is 6. The summed E-state index contributed by atoms with van der Waals surface area (Å²) in [7, 11) is 0.